The number of hydrogen-bond donors (Lipinski definition) is 3. The quantitative estimate of drug-likeness (QED) is 0.124. The van der Waals surface area contributed by atoms with Crippen molar-refractivity contribution in [1.82, 2.24) is 20.3 Å². The van der Waals surface area contributed by atoms with Crippen molar-refractivity contribution in [2.24, 2.45) is 5.92 Å². The van der Waals surface area contributed by atoms with Gasteiger partial charge in [0, 0.05) is 64.7 Å². The average molecular weight is 621 g/mol. The number of ether oxygens (including phenoxy) is 1. The molecule has 4 aromatic rings. The first-order valence-electron chi connectivity index (χ1n) is 15.1. The lowest BCUT2D eigenvalue weighted by molar-refractivity contribution is 0.146. The molecule has 0 atom stereocenters. The van der Waals surface area contributed by atoms with Crippen LogP contribution in [0.25, 0.3) is 5.57 Å². The largest absolute Gasteiger partial charge is 0.494 e. The summed E-state index contributed by atoms with van der Waals surface area (Å²) < 4.78 is 61.7. The molecule has 3 N–H and O–H groups in total. The molecule has 236 valence electrons. The van der Waals surface area contributed by atoms with E-state index in [0.717, 1.165) is 42.6 Å². The van der Waals surface area contributed by atoms with Crippen molar-refractivity contribution in [3.63, 3.8) is 0 Å². The lowest BCUT2D eigenvalue weighted by Crippen LogP contribution is -2.43. The van der Waals surface area contributed by atoms with Gasteiger partial charge in [0.05, 0.1) is 6.61 Å². The molecule has 1 aliphatic rings. The predicted molar refractivity (Wildman–Crippen MR) is 168 cm³/mol. The number of allylic oxidation sites excluding steroid dienone is 1. The molecule has 7 nitrogen and oxygen atoms in total. The first kappa shape index (κ1) is 31.9. The maximum atomic E-state index is 14.8. The number of para-hydroxylation sites is 1. The van der Waals surface area contributed by atoms with Crippen LogP contribution < -0.4 is 20.7 Å². The van der Waals surface area contributed by atoms with Gasteiger partial charge in [-0.3, -0.25) is 4.98 Å². The number of nitrogens with zero attached hydrogens (tertiary/aromatic N) is 3. The summed E-state index contributed by atoms with van der Waals surface area (Å²) >= 11 is 0. The second kappa shape index (κ2) is 15.0. The Labute approximate surface area is 260 Å². The Morgan fingerprint density at radius 2 is 1.84 bits per heavy atom. The molecule has 0 spiro atoms. The summed E-state index contributed by atoms with van der Waals surface area (Å²) in [7, 11) is 0. The maximum absolute atomic E-state index is 14.8. The lowest BCUT2D eigenvalue weighted by Gasteiger charge is -2.27. The molecule has 1 saturated heterocycles. The van der Waals surface area contributed by atoms with Gasteiger partial charge in [0.2, 0.25) is 0 Å². The maximum Gasteiger partial charge on any atom is 0.280 e. The van der Waals surface area contributed by atoms with Crippen molar-refractivity contribution >= 4 is 22.8 Å². The van der Waals surface area contributed by atoms with Gasteiger partial charge in [-0.05, 0) is 57.0 Å². The molecule has 0 amide bonds. The Kier molecular flexibility index (Phi) is 10.6. The zero-order valence-corrected chi connectivity index (χ0v) is 25.2. The molecule has 11 heteroatoms. The summed E-state index contributed by atoms with van der Waals surface area (Å²) in [5, 5.41) is 9.69. The van der Waals surface area contributed by atoms with E-state index in [1.807, 2.05) is 30.3 Å². The number of hydrogen-bond acceptors (Lipinski definition) is 7. The molecule has 2 aromatic carbocycles. The Hall–Kier alpha value is -4.51. The highest BCUT2D eigenvalue weighted by Crippen LogP contribution is 2.32. The van der Waals surface area contributed by atoms with E-state index in [0.29, 0.717) is 42.0 Å². The van der Waals surface area contributed by atoms with E-state index in [9.17, 15) is 17.6 Å². The molecule has 0 unspecified atom stereocenters. The molecule has 0 radical (unpaired) electrons. The predicted octanol–water partition coefficient (Wildman–Crippen LogP) is 7.84. The summed E-state index contributed by atoms with van der Waals surface area (Å²) in [6.07, 6.45) is 4.76. The molecule has 0 bridgehead atoms. The topological polar surface area (TPSA) is 84.0 Å². The van der Waals surface area contributed by atoms with Crippen molar-refractivity contribution in [2.75, 3.05) is 30.3 Å². The van der Waals surface area contributed by atoms with Crippen LogP contribution in [0.15, 0.2) is 67.0 Å². The molecule has 1 fully saturated rings. The van der Waals surface area contributed by atoms with Gasteiger partial charge in [-0.25, -0.2) is 27.5 Å². The van der Waals surface area contributed by atoms with Gasteiger partial charge in [0.15, 0.2) is 5.82 Å². The van der Waals surface area contributed by atoms with E-state index in [4.69, 9.17) is 14.7 Å². The van der Waals surface area contributed by atoms with Gasteiger partial charge in [0.1, 0.15) is 28.9 Å². The summed E-state index contributed by atoms with van der Waals surface area (Å²) in [6.45, 7) is 5.76. The first-order valence-corrected chi connectivity index (χ1v) is 15.1. The lowest BCUT2D eigenvalue weighted by atomic mass is 9.95. The summed E-state index contributed by atoms with van der Waals surface area (Å²) in [5.41, 5.74) is 3.00. The number of unbranched alkanes of at least 4 members (excludes halogenated alkanes) is 1. The van der Waals surface area contributed by atoms with Crippen LogP contribution in [0.1, 0.15) is 61.3 Å². The number of aromatic nitrogens is 3. The van der Waals surface area contributed by atoms with Crippen molar-refractivity contribution in [1.29, 1.82) is 0 Å². The fourth-order valence-electron chi connectivity index (χ4n) is 5.04. The minimum atomic E-state index is -2.70. The average Bonchev–Trinajstić information content (AvgIpc) is 3.00. The highest BCUT2D eigenvalue weighted by molar-refractivity contribution is 5.84. The number of pyridine rings is 1. The van der Waals surface area contributed by atoms with E-state index in [2.05, 4.69) is 27.9 Å². The third-order valence-corrected chi connectivity index (χ3v) is 7.48. The van der Waals surface area contributed by atoms with Crippen LogP contribution >= 0.6 is 0 Å². The molecule has 0 saturated carbocycles. The standard InChI is InChI=1S/C34H36F4N6O/c1-3-5-8-26(25-9-6-7-10-30(25)41-20-27-28(35)15-24(45-4-2)16-29(27)36)34-42-19-22(13-21-17-39-18-21)33(44-34)43-23-11-12-40-31(14-23)32(37)38/h6-12,14-16,19,21,32,39,41H,3-5,13,17-18,20H2,1-2H3,(H,40,42,43,44). The molecular formula is C34H36F4N6O. The van der Waals surface area contributed by atoms with Crippen LogP contribution in [0.3, 0.4) is 0 Å². The van der Waals surface area contributed by atoms with Crippen LogP contribution in [0.2, 0.25) is 0 Å². The van der Waals surface area contributed by atoms with Crippen molar-refractivity contribution in [3.05, 3.63) is 107 Å². The zero-order valence-electron chi connectivity index (χ0n) is 25.2. The Bertz CT molecular complexity index is 1620. The van der Waals surface area contributed by atoms with Gasteiger partial charge in [-0.2, -0.15) is 0 Å². The van der Waals surface area contributed by atoms with Gasteiger partial charge >= 0.3 is 0 Å². The van der Waals surface area contributed by atoms with Crippen molar-refractivity contribution < 1.29 is 22.3 Å². The minimum Gasteiger partial charge on any atom is -0.494 e. The normalized spacial score (nSPS) is 13.5. The van der Waals surface area contributed by atoms with Gasteiger partial charge in [-0.1, -0.05) is 37.6 Å². The third-order valence-electron chi connectivity index (χ3n) is 7.48. The van der Waals surface area contributed by atoms with E-state index in [-0.39, 0.29) is 23.6 Å². The van der Waals surface area contributed by atoms with Gasteiger partial charge in [-0.15, -0.1) is 0 Å². The van der Waals surface area contributed by atoms with Crippen LogP contribution in [0.4, 0.5) is 34.8 Å². The summed E-state index contributed by atoms with van der Waals surface area (Å²) in [4.78, 5) is 13.4. The molecule has 5 rings (SSSR count). The van der Waals surface area contributed by atoms with Crippen molar-refractivity contribution in [3.8, 4) is 5.75 Å². The molecule has 45 heavy (non-hydrogen) atoms. The number of rotatable bonds is 14. The second-order valence-corrected chi connectivity index (χ2v) is 10.8. The molecule has 2 aromatic heterocycles. The minimum absolute atomic E-state index is 0.0985. The van der Waals surface area contributed by atoms with Gasteiger partial charge in [0.25, 0.3) is 6.43 Å². The highest BCUT2D eigenvalue weighted by atomic mass is 19.3. The van der Waals surface area contributed by atoms with E-state index in [1.165, 1.54) is 24.4 Å². The summed E-state index contributed by atoms with van der Waals surface area (Å²) in [6, 6.07) is 12.7. The third kappa shape index (κ3) is 7.96. The van der Waals surface area contributed by atoms with Crippen LogP contribution in [-0.4, -0.2) is 34.6 Å². The summed E-state index contributed by atoms with van der Waals surface area (Å²) in [5.74, 6) is 0.0943. The van der Waals surface area contributed by atoms with Crippen LogP contribution in [-0.2, 0) is 13.0 Å². The first-order chi connectivity index (χ1) is 21.9. The molecule has 3 heterocycles. The van der Waals surface area contributed by atoms with Crippen molar-refractivity contribution in [2.45, 2.75) is 46.1 Å². The Morgan fingerprint density at radius 1 is 1.07 bits per heavy atom. The number of halogens is 4. The monoisotopic (exact) mass is 620 g/mol. The zero-order chi connectivity index (χ0) is 31.8. The van der Waals surface area contributed by atoms with Crippen LogP contribution in [0.5, 0.6) is 5.75 Å². The number of nitrogens with one attached hydrogen (secondary N) is 3. The van der Waals surface area contributed by atoms with E-state index < -0.39 is 18.1 Å². The number of anilines is 3. The second-order valence-electron chi connectivity index (χ2n) is 10.8. The van der Waals surface area contributed by atoms with Crippen LogP contribution in [0, 0.1) is 17.6 Å². The van der Waals surface area contributed by atoms with E-state index >= 15 is 0 Å². The molecular weight excluding hydrogens is 584 g/mol. The van der Waals surface area contributed by atoms with Gasteiger partial charge < -0.3 is 20.7 Å². The molecule has 1 aliphatic heterocycles. The number of benzene rings is 2. The fourth-order valence-corrected chi connectivity index (χ4v) is 5.04. The SMILES string of the molecule is CCCC=C(c1ncc(CC2CNC2)c(Nc2ccnc(C(F)F)c2)n1)c1ccccc1NCc1c(F)cc(OCC)cc1F. The van der Waals surface area contributed by atoms with E-state index in [1.54, 1.807) is 19.2 Å². The molecule has 0 aliphatic carbocycles. The fraction of sp³-hybridized carbons (Fsp3) is 0.324. The smallest absolute Gasteiger partial charge is 0.280 e. The Balaban J connectivity index is 1.49. The Morgan fingerprint density at radius 3 is 2.53 bits per heavy atom. The highest BCUT2D eigenvalue weighted by Gasteiger charge is 2.22. The number of alkyl halides is 2.